The molecule has 0 aromatic carbocycles. The summed E-state index contributed by atoms with van der Waals surface area (Å²) in [5, 5.41) is 14.1. The van der Waals surface area contributed by atoms with Crippen LogP contribution >= 0.6 is 0 Å². The molecule has 1 aliphatic rings. The third kappa shape index (κ3) is 6.01. The van der Waals surface area contributed by atoms with E-state index in [2.05, 4.69) is 22.3 Å². The number of hydrogen-bond acceptors (Lipinski definition) is 4. The van der Waals surface area contributed by atoms with Gasteiger partial charge >= 0.3 is 18.0 Å². The predicted molar refractivity (Wildman–Crippen MR) is 75.7 cm³/mol. The highest BCUT2D eigenvalue weighted by Gasteiger charge is 2.25. The minimum absolute atomic E-state index is 0.00918. The highest BCUT2D eigenvalue weighted by molar-refractivity contribution is 5.83. The Morgan fingerprint density at radius 3 is 2.57 bits per heavy atom. The van der Waals surface area contributed by atoms with Crippen molar-refractivity contribution >= 4 is 18.0 Å². The summed E-state index contributed by atoms with van der Waals surface area (Å²) < 4.78 is 4.45. The molecule has 3 atom stereocenters. The molecule has 3 N–H and O–H groups in total. The summed E-state index contributed by atoms with van der Waals surface area (Å²) in [6, 6.07) is -1.60. The average Bonchev–Trinajstić information content (AvgIpc) is 2.85. The Bertz CT molecular complexity index is 386. The summed E-state index contributed by atoms with van der Waals surface area (Å²) in [5.41, 5.74) is 0. The number of carbonyl (C=O) groups is 3. The number of urea groups is 1. The van der Waals surface area contributed by atoms with Gasteiger partial charge in [-0.25, -0.2) is 9.59 Å². The maximum absolute atomic E-state index is 11.7. The number of carboxylic acids is 1. The van der Waals surface area contributed by atoms with Crippen molar-refractivity contribution in [3.63, 3.8) is 0 Å². The van der Waals surface area contributed by atoms with Crippen molar-refractivity contribution in [3.8, 4) is 0 Å². The summed E-state index contributed by atoms with van der Waals surface area (Å²) in [5.74, 6) is -0.625. The molecule has 0 saturated heterocycles. The van der Waals surface area contributed by atoms with Gasteiger partial charge in [-0.15, -0.1) is 0 Å². The van der Waals surface area contributed by atoms with Crippen molar-refractivity contribution in [3.05, 3.63) is 0 Å². The lowest BCUT2D eigenvalue weighted by Gasteiger charge is -2.18. The number of esters is 1. The fourth-order valence-corrected chi connectivity index (χ4v) is 2.58. The second-order valence-electron chi connectivity index (χ2n) is 5.53. The average molecular weight is 300 g/mol. The molecule has 7 nitrogen and oxygen atoms in total. The molecule has 21 heavy (non-hydrogen) atoms. The smallest absolute Gasteiger partial charge is 0.326 e. The summed E-state index contributed by atoms with van der Waals surface area (Å²) in [7, 11) is 1.24. The van der Waals surface area contributed by atoms with Crippen LogP contribution in [-0.2, 0) is 14.3 Å². The van der Waals surface area contributed by atoms with E-state index in [1.807, 2.05) is 0 Å². The number of amides is 2. The van der Waals surface area contributed by atoms with Gasteiger partial charge < -0.3 is 20.5 Å². The van der Waals surface area contributed by atoms with Crippen molar-refractivity contribution in [2.45, 2.75) is 45.1 Å². The number of hydrogen-bond donors (Lipinski definition) is 3. The van der Waals surface area contributed by atoms with Crippen molar-refractivity contribution in [2.24, 2.45) is 11.8 Å². The maximum atomic E-state index is 11.7. The first-order valence-electron chi connectivity index (χ1n) is 7.28. The zero-order valence-electron chi connectivity index (χ0n) is 12.6. The summed E-state index contributed by atoms with van der Waals surface area (Å²) in [4.78, 5) is 33.8. The van der Waals surface area contributed by atoms with Gasteiger partial charge in [0.15, 0.2) is 0 Å². The Hall–Kier alpha value is -1.79. The van der Waals surface area contributed by atoms with Crippen LogP contribution in [-0.4, -0.2) is 42.8 Å². The normalized spacial score (nSPS) is 22.4. The lowest BCUT2D eigenvalue weighted by molar-refractivity contribution is -0.142. The molecular formula is C14H24N2O5. The molecule has 120 valence electrons. The topological polar surface area (TPSA) is 105 Å². The quantitative estimate of drug-likeness (QED) is 0.611. The zero-order valence-corrected chi connectivity index (χ0v) is 12.6. The Balaban J connectivity index is 2.34. The lowest BCUT2D eigenvalue weighted by atomic mass is 9.98. The molecule has 1 aliphatic carbocycles. The monoisotopic (exact) mass is 300 g/mol. The number of rotatable bonds is 7. The summed E-state index contributed by atoms with van der Waals surface area (Å²) in [6.45, 7) is 2.71. The van der Waals surface area contributed by atoms with Crippen LogP contribution in [0.25, 0.3) is 0 Å². The SMILES string of the molecule is COC(=O)CC[C@@H](NC(=O)NCC1CCCC1C)C(=O)O. The molecule has 0 aromatic heterocycles. The summed E-state index contributed by atoms with van der Waals surface area (Å²) in [6.07, 6.45) is 3.39. The number of carboxylic acid groups (broad SMARTS) is 1. The van der Waals surface area contributed by atoms with Gasteiger partial charge in [-0.1, -0.05) is 19.8 Å². The Labute approximate surface area is 124 Å². The van der Waals surface area contributed by atoms with E-state index in [-0.39, 0.29) is 12.8 Å². The van der Waals surface area contributed by atoms with Crippen LogP contribution in [0.15, 0.2) is 0 Å². The molecule has 2 unspecified atom stereocenters. The molecule has 0 aliphatic heterocycles. The molecule has 0 radical (unpaired) electrons. The third-order valence-corrected chi connectivity index (χ3v) is 4.03. The third-order valence-electron chi connectivity index (χ3n) is 4.03. The largest absolute Gasteiger partial charge is 0.480 e. The molecule has 0 bridgehead atoms. The highest BCUT2D eigenvalue weighted by Crippen LogP contribution is 2.30. The predicted octanol–water partition coefficient (Wildman–Crippen LogP) is 1.13. The zero-order chi connectivity index (χ0) is 15.8. The first-order valence-corrected chi connectivity index (χ1v) is 7.28. The van der Waals surface area contributed by atoms with Gasteiger partial charge in [-0.05, 0) is 24.7 Å². The standard InChI is InChI=1S/C14H24N2O5/c1-9-4-3-5-10(9)8-15-14(20)16-11(13(18)19)6-7-12(17)21-2/h9-11H,3-8H2,1-2H3,(H,18,19)(H2,15,16,20)/t9?,10?,11-/m1/s1. The van der Waals surface area contributed by atoms with Crippen LogP contribution in [0.2, 0.25) is 0 Å². The van der Waals surface area contributed by atoms with E-state index in [1.54, 1.807) is 0 Å². The highest BCUT2D eigenvalue weighted by atomic mass is 16.5. The second-order valence-corrected chi connectivity index (χ2v) is 5.53. The van der Waals surface area contributed by atoms with Crippen LogP contribution in [0, 0.1) is 11.8 Å². The lowest BCUT2D eigenvalue weighted by Crippen LogP contribution is -2.47. The van der Waals surface area contributed by atoms with Gasteiger partial charge in [0.1, 0.15) is 6.04 Å². The van der Waals surface area contributed by atoms with Crippen molar-refractivity contribution in [2.75, 3.05) is 13.7 Å². The van der Waals surface area contributed by atoms with E-state index in [9.17, 15) is 14.4 Å². The van der Waals surface area contributed by atoms with E-state index >= 15 is 0 Å². The van der Waals surface area contributed by atoms with Crippen LogP contribution < -0.4 is 10.6 Å². The van der Waals surface area contributed by atoms with E-state index in [0.717, 1.165) is 6.42 Å². The molecular weight excluding hydrogens is 276 g/mol. The Kier molecular flexibility index (Phi) is 6.98. The molecule has 1 saturated carbocycles. The Morgan fingerprint density at radius 2 is 2.05 bits per heavy atom. The first-order chi connectivity index (χ1) is 9.93. The summed E-state index contributed by atoms with van der Waals surface area (Å²) >= 11 is 0. The maximum Gasteiger partial charge on any atom is 0.326 e. The van der Waals surface area contributed by atoms with Gasteiger partial charge in [0, 0.05) is 13.0 Å². The van der Waals surface area contributed by atoms with E-state index in [4.69, 9.17) is 5.11 Å². The molecule has 1 rings (SSSR count). The number of carbonyl (C=O) groups excluding carboxylic acids is 2. The minimum Gasteiger partial charge on any atom is -0.480 e. The molecule has 2 amide bonds. The number of nitrogens with one attached hydrogen (secondary N) is 2. The number of aliphatic carboxylic acids is 1. The molecule has 7 heteroatoms. The van der Waals surface area contributed by atoms with E-state index < -0.39 is 24.0 Å². The van der Waals surface area contributed by atoms with Gasteiger partial charge in [-0.2, -0.15) is 0 Å². The molecule has 0 aromatic rings. The minimum atomic E-state index is -1.16. The van der Waals surface area contributed by atoms with E-state index in [1.165, 1.54) is 20.0 Å². The second kappa shape index (κ2) is 8.49. The van der Waals surface area contributed by atoms with Crippen molar-refractivity contribution in [1.82, 2.24) is 10.6 Å². The molecule has 0 spiro atoms. The first kappa shape index (κ1) is 17.3. The van der Waals surface area contributed by atoms with Crippen LogP contribution in [0.1, 0.15) is 39.0 Å². The number of ether oxygens (including phenoxy) is 1. The van der Waals surface area contributed by atoms with Gasteiger partial charge in [0.2, 0.25) is 0 Å². The van der Waals surface area contributed by atoms with Gasteiger partial charge in [-0.3, -0.25) is 4.79 Å². The molecule has 1 fully saturated rings. The number of methoxy groups -OCH3 is 1. The van der Waals surface area contributed by atoms with E-state index in [0.29, 0.717) is 18.4 Å². The fraction of sp³-hybridized carbons (Fsp3) is 0.786. The van der Waals surface area contributed by atoms with Crippen LogP contribution in [0.3, 0.4) is 0 Å². The van der Waals surface area contributed by atoms with Crippen molar-refractivity contribution < 1.29 is 24.2 Å². The fourth-order valence-electron chi connectivity index (χ4n) is 2.58. The molecule has 0 heterocycles. The van der Waals surface area contributed by atoms with Gasteiger partial charge in [0.25, 0.3) is 0 Å². The van der Waals surface area contributed by atoms with Crippen molar-refractivity contribution in [1.29, 1.82) is 0 Å². The Morgan fingerprint density at radius 1 is 1.33 bits per heavy atom. The van der Waals surface area contributed by atoms with Crippen LogP contribution in [0.5, 0.6) is 0 Å². The van der Waals surface area contributed by atoms with Crippen LogP contribution in [0.4, 0.5) is 4.79 Å². The van der Waals surface area contributed by atoms with Gasteiger partial charge in [0.05, 0.1) is 7.11 Å².